The first kappa shape index (κ1) is 13.8. The molecule has 0 aliphatic carbocycles. The van der Waals surface area contributed by atoms with Crippen molar-refractivity contribution in [3.05, 3.63) is 44.0 Å². The molecule has 0 fully saturated rings. The Labute approximate surface area is 92.8 Å². The third kappa shape index (κ3) is 4.37. The van der Waals surface area contributed by atoms with E-state index in [-0.39, 0.29) is 11.4 Å². The Kier molecular flexibility index (Phi) is 5.49. The van der Waals surface area contributed by atoms with Crippen LogP contribution in [-0.4, -0.2) is 18.3 Å². The van der Waals surface area contributed by atoms with Crippen molar-refractivity contribution in [3.63, 3.8) is 0 Å². The minimum Gasteiger partial charge on any atom is -0.258 e. The zero-order valence-electron chi connectivity index (χ0n) is 7.98. The van der Waals surface area contributed by atoms with Crippen LogP contribution < -0.4 is 0 Å². The molecule has 0 saturated heterocycles. The van der Waals surface area contributed by atoms with Gasteiger partial charge in [0, 0.05) is 12.1 Å². The second-order valence-electron chi connectivity index (χ2n) is 2.61. The molecule has 9 heteroatoms. The number of hydrogen-bond donors (Lipinski definition) is 0. The van der Waals surface area contributed by atoms with Crippen LogP contribution in [0, 0.1) is 27.2 Å². The summed E-state index contributed by atoms with van der Waals surface area (Å²) in [4.78, 5) is 19.3. The molecule has 0 aromatic heterocycles. The molecular weight excluding hydrogens is 240 g/mol. The molecule has 1 aromatic carbocycles. The smallest absolute Gasteiger partial charge is 0.258 e. The summed E-state index contributed by atoms with van der Waals surface area (Å²) in [6.07, 6.45) is 0. The van der Waals surface area contributed by atoms with Gasteiger partial charge in [-0.25, -0.2) is 0 Å². The van der Waals surface area contributed by atoms with Crippen LogP contribution in [0.15, 0.2) is 18.2 Å². The molecule has 86 valence electrons. The maximum atomic E-state index is 10.3. The first-order valence-electron chi connectivity index (χ1n) is 3.74. The van der Waals surface area contributed by atoms with Crippen LogP contribution in [-0.2, 0) is 11.6 Å². The van der Waals surface area contributed by atoms with Crippen LogP contribution in [0.25, 0.3) is 0 Å². The molecule has 0 spiro atoms. The summed E-state index contributed by atoms with van der Waals surface area (Å²) in [5.41, 5.74) is -0.0145. The molecule has 0 atom stereocenters. The normalized spacial score (nSPS) is 8.56. The fraction of sp³-hybridized carbons (Fsp3) is 0.143. The van der Waals surface area contributed by atoms with Gasteiger partial charge in [-0.15, -0.1) is 0 Å². The summed E-state index contributed by atoms with van der Waals surface area (Å²) in [7, 11) is 0. The van der Waals surface area contributed by atoms with Crippen molar-refractivity contribution in [2.45, 2.75) is 6.92 Å². The van der Waals surface area contributed by atoms with E-state index >= 15 is 0 Å². The standard InChI is InChI=1S/C7H6N2O4.O2S/c1-5-2-6(8(10)11)4-7(3-5)9(12)13;1-3-2/h2-4H,1H3;. The molecule has 0 aliphatic rings. The van der Waals surface area contributed by atoms with E-state index in [0.29, 0.717) is 5.56 Å². The third-order valence-electron chi connectivity index (χ3n) is 1.47. The van der Waals surface area contributed by atoms with Crippen LogP contribution >= 0.6 is 0 Å². The zero-order chi connectivity index (χ0) is 12.7. The molecule has 1 aromatic rings. The maximum Gasteiger partial charge on any atom is 0.335 e. The van der Waals surface area contributed by atoms with Gasteiger partial charge >= 0.3 is 11.6 Å². The van der Waals surface area contributed by atoms with Crippen molar-refractivity contribution < 1.29 is 18.3 Å². The van der Waals surface area contributed by atoms with Gasteiger partial charge in [0.2, 0.25) is 0 Å². The monoisotopic (exact) mass is 246 g/mol. The Morgan fingerprint density at radius 3 is 1.56 bits per heavy atom. The molecular formula is C7H6N2O6S. The molecule has 0 unspecified atom stereocenters. The molecule has 0 amide bonds. The van der Waals surface area contributed by atoms with Gasteiger partial charge in [0.1, 0.15) is 0 Å². The number of rotatable bonds is 2. The molecule has 0 saturated carbocycles. The van der Waals surface area contributed by atoms with Gasteiger partial charge in [0.15, 0.2) is 0 Å². The van der Waals surface area contributed by atoms with Crippen molar-refractivity contribution in [2.75, 3.05) is 0 Å². The molecule has 0 N–H and O–H groups in total. The summed E-state index contributed by atoms with van der Waals surface area (Å²) < 4.78 is 16.6. The lowest BCUT2D eigenvalue weighted by molar-refractivity contribution is -0.394. The highest BCUT2D eigenvalue weighted by Gasteiger charge is 2.14. The van der Waals surface area contributed by atoms with Crippen LogP contribution in [0.3, 0.4) is 0 Å². The predicted octanol–water partition coefficient (Wildman–Crippen LogP) is 1.14. The van der Waals surface area contributed by atoms with Gasteiger partial charge in [0.25, 0.3) is 11.4 Å². The van der Waals surface area contributed by atoms with Crippen LogP contribution in [0.1, 0.15) is 5.56 Å². The van der Waals surface area contributed by atoms with Gasteiger partial charge in [-0.3, -0.25) is 20.2 Å². The van der Waals surface area contributed by atoms with Gasteiger partial charge in [-0.05, 0) is 12.5 Å². The number of non-ortho nitro benzene ring substituents is 2. The first-order chi connectivity index (χ1) is 7.42. The molecule has 0 bridgehead atoms. The maximum absolute atomic E-state index is 10.3. The van der Waals surface area contributed by atoms with Gasteiger partial charge in [-0.2, -0.15) is 8.42 Å². The van der Waals surface area contributed by atoms with Gasteiger partial charge < -0.3 is 0 Å². The minimum absolute atomic E-state index is 0.258. The number of aryl methyl sites for hydroxylation is 1. The van der Waals surface area contributed by atoms with Gasteiger partial charge in [-0.1, -0.05) is 0 Å². The molecule has 16 heavy (non-hydrogen) atoms. The van der Waals surface area contributed by atoms with Crippen LogP contribution in [0.5, 0.6) is 0 Å². The SMILES string of the molecule is Cc1cc([N+](=O)[O-])cc([N+](=O)[O-])c1.O=S=O. The summed E-state index contributed by atoms with van der Waals surface area (Å²) >= 11 is -0.750. The van der Waals surface area contributed by atoms with Crippen molar-refractivity contribution in [2.24, 2.45) is 0 Å². The molecule has 1 rings (SSSR count). The topological polar surface area (TPSA) is 120 Å². The van der Waals surface area contributed by atoms with Crippen LogP contribution in [0.2, 0.25) is 0 Å². The summed E-state index contributed by atoms with van der Waals surface area (Å²) in [6, 6.07) is 3.51. The highest BCUT2D eigenvalue weighted by atomic mass is 32.1. The molecule has 0 aliphatic heterocycles. The van der Waals surface area contributed by atoms with E-state index in [9.17, 15) is 20.2 Å². The molecule has 0 heterocycles. The van der Waals surface area contributed by atoms with E-state index in [4.69, 9.17) is 8.42 Å². The average molecular weight is 246 g/mol. The number of hydrogen-bond acceptors (Lipinski definition) is 6. The average Bonchev–Trinajstić information content (AvgIpc) is 2.17. The number of nitro groups is 2. The van der Waals surface area contributed by atoms with E-state index in [0.717, 1.165) is 6.07 Å². The second-order valence-corrected chi connectivity index (χ2v) is 2.75. The number of nitro benzene ring substituents is 2. The van der Waals surface area contributed by atoms with E-state index in [1.54, 1.807) is 6.92 Å². The first-order valence-corrected chi connectivity index (χ1v) is 4.41. The largest absolute Gasteiger partial charge is 0.335 e. The lowest BCUT2D eigenvalue weighted by atomic mass is 10.2. The second kappa shape index (κ2) is 6.35. The predicted molar refractivity (Wildman–Crippen MR) is 53.4 cm³/mol. The summed E-state index contributed by atoms with van der Waals surface area (Å²) in [5, 5.41) is 20.6. The highest BCUT2D eigenvalue weighted by molar-refractivity contribution is 7.51. The van der Waals surface area contributed by atoms with Crippen molar-refractivity contribution in [1.29, 1.82) is 0 Å². The van der Waals surface area contributed by atoms with E-state index < -0.39 is 21.4 Å². The fourth-order valence-electron chi connectivity index (χ4n) is 0.954. The fourth-order valence-corrected chi connectivity index (χ4v) is 0.954. The molecule has 0 radical (unpaired) electrons. The zero-order valence-corrected chi connectivity index (χ0v) is 8.80. The Bertz CT molecular complexity index is 422. The Balaban J connectivity index is 0.000000673. The lowest BCUT2D eigenvalue weighted by Gasteiger charge is -1.94. The number of benzene rings is 1. The van der Waals surface area contributed by atoms with E-state index in [1.807, 2.05) is 0 Å². The van der Waals surface area contributed by atoms with Crippen LogP contribution in [0.4, 0.5) is 11.4 Å². The summed E-state index contributed by atoms with van der Waals surface area (Å²) in [6.45, 7) is 1.57. The summed E-state index contributed by atoms with van der Waals surface area (Å²) in [5.74, 6) is 0. The van der Waals surface area contributed by atoms with E-state index in [2.05, 4.69) is 0 Å². The van der Waals surface area contributed by atoms with Crippen molar-refractivity contribution >= 4 is 22.9 Å². The van der Waals surface area contributed by atoms with Crippen molar-refractivity contribution in [3.8, 4) is 0 Å². The Morgan fingerprint density at radius 1 is 1.00 bits per heavy atom. The highest BCUT2D eigenvalue weighted by Crippen LogP contribution is 2.21. The van der Waals surface area contributed by atoms with Crippen molar-refractivity contribution in [1.82, 2.24) is 0 Å². The third-order valence-corrected chi connectivity index (χ3v) is 1.47. The quantitative estimate of drug-likeness (QED) is 0.569. The Morgan fingerprint density at radius 2 is 1.31 bits per heavy atom. The van der Waals surface area contributed by atoms with Gasteiger partial charge in [0.05, 0.1) is 15.9 Å². The minimum atomic E-state index is -0.750. The molecule has 8 nitrogen and oxygen atoms in total. The number of nitrogens with zero attached hydrogens (tertiary/aromatic N) is 2. The Hall–Kier alpha value is -2.16. The lowest BCUT2D eigenvalue weighted by Crippen LogP contribution is -1.93. The van der Waals surface area contributed by atoms with E-state index in [1.165, 1.54) is 12.1 Å².